The molecule has 5 rings (SSSR count). The van der Waals surface area contributed by atoms with Crippen molar-refractivity contribution in [1.29, 1.82) is 0 Å². The van der Waals surface area contributed by atoms with E-state index in [-0.39, 0.29) is 15.2 Å². The summed E-state index contributed by atoms with van der Waals surface area (Å²) in [5.41, 5.74) is 3.09. The number of ether oxygens (including phenoxy) is 1. The summed E-state index contributed by atoms with van der Waals surface area (Å²) < 4.78 is 13.8. The van der Waals surface area contributed by atoms with E-state index < -0.39 is 8.32 Å². The Morgan fingerprint density at radius 2 is 1.53 bits per heavy atom. The van der Waals surface area contributed by atoms with Crippen molar-refractivity contribution >= 4 is 42.2 Å². The molecule has 0 radical (unpaired) electrons. The average molecular weight is 483 g/mol. The largest absolute Gasteiger partial charge is 0.401 e. The summed E-state index contributed by atoms with van der Waals surface area (Å²) >= 11 is 4.30. The first-order chi connectivity index (χ1) is 15.5. The van der Waals surface area contributed by atoms with Crippen LogP contribution in [0.4, 0.5) is 0 Å². The highest BCUT2D eigenvalue weighted by atomic mass is 32.2. The van der Waals surface area contributed by atoms with Gasteiger partial charge in [-0.3, -0.25) is 0 Å². The molecule has 2 heterocycles. The molecule has 0 bridgehead atoms. The highest BCUT2D eigenvalue weighted by Crippen LogP contribution is 2.58. The maximum atomic E-state index is 7.63. The minimum Gasteiger partial charge on any atom is -0.401 e. The highest BCUT2D eigenvalue weighted by molar-refractivity contribution is 8.19. The van der Waals surface area contributed by atoms with Gasteiger partial charge in [0.05, 0.1) is 23.4 Å². The van der Waals surface area contributed by atoms with Gasteiger partial charge in [0, 0.05) is 6.42 Å². The molecule has 3 aliphatic rings. The normalized spacial score (nSPS) is 23.4. The third-order valence-corrected chi connectivity index (χ3v) is 15.6. The standard InChI is InChI=1S/C27H34O2S2Si/c1-26(2,3)32(21-11-6-4-7-12-21,22-13-8-5-9-14-22)29-25-19-27(30-17-10-18-31-27)24-20-28-16-15-23(24)25/h4-9,11-14,25H,10,15-20H2,1-3H3/t25-/m0/s1. The van der Waals surface area contributed by atoms with Gasteiger partial charge in [-0.2, -0.15) is 0 Å². The first-order valence-electron chi connectivity index (χ1n) is 11.8. The second kappa shape index (κ2) is 8.99. The minimum absolute atomic E-state index is 0.00417. The Bertz CT molecular complexity index is 923. The van der Waals surface area contributed by atoms with Crippen molar-refractivity contribution in [3.63, 3.8) is 0 Å². The zero-order chi connectivity index (χ0) is 22.2. The van der Waals surface area contributed by atoms with Crippen molar-refractivity contribution in [2.24, 2.45) is 0 Å². The second-order valence-electron chi connectivity index (χ2n) is 10.1. The van der Waals surface area contributed by atoms with Crippen LogP contribution in [0.1, 0.15) is 40.0 Å². The van der Waals surface area contributed by atoms with Crippen molar-refractivity contribution in [1.82, 2.24) is 0 Å². The molecule has 0 aromatic heterocycles. The van der Waals surface area contributed by atoms with Gasteiger partial charge in [-0.15, -0.1) is 23.5 Å². The molecule has 0 N–H and O–H groups in total. The van der Waals surface area contributed by atoms with Crippen LogP contribution in [0.5, 0.6) is 0 Å². The van der Waals surface area contributed by atoms with Crippen LogP contribution < -0.4 is 10.4 Å². The lowest BCUT2D eigenvalue weighted by atomic mass is 10.1. The lowest BCUT2D eigenvalue weighted by Gasteiger charge is -2.45. The van der Waals surface area contributed by atoms with E-state index >= 15 is 0 Å². The second-order valence-corrected chi connectivity index (χ2v) is 17.4. The Morgan fingerprint density at radius 3 is 2.09 bits per heavy atom. The fourth-order valence-corrected chi connectivity index (χ4v) is 13.9. The number of hydrogen-bond acceptors (Lipinski definition) is 4. The van der Waals surface area contributed by atoms with Gasteiger partial charge in [0.15, 0.2) is 0 Å². The summed E-state index contributed by atoms with van der Waals surface area (Å²) in [6.45, 7) is 8.76. The van der Waals surface area contributed by atoms with E-state index in [1.807, 2.05) is 0 Å². The van der Waals surface area contributed by atoms with Crippen molar-refractivity contribution in [2.45, 2.75) is 55.3 Å². The Labute approximate surface area is 202 Å². The number of fused-ring (bicyclic) bond motifs is 1. The molecule has 1 atom stereocenters. The molecule has 2 aromatic carbocycles. The predicted octanol–water partition coefficient (Wildman–Crippen LogP) is 5.62. The Morgan fingerprint density at radius 1 is 0.938 bits per heavy atom. The molecule has 1 aliphatic carbocycles. The van der Waals surface area contributed by atoms with Crippen LogP contribution in [0, 0.1) is 0 Å². The van der Waals surface area contributed by atoms with E-state index in [1.54, 1.807) is 11.1 Å². The van der Waals surface area contributed by atoms with Crippen molar-refractivity contribution in [2.75, 3.05) is 24.7 Å². The van der Waals surface area contributed by atoms with Crippen LogP contribution >= 0.6 is 23.5 Å². The van der Waals surface area contributed by atoms with Crippen LogP contribution in [0.25, 0.3) is 0 Å². The molecule has 32 heavy (non-hydrogen) atoms. The summed E-state index contributed by atoms with van der Waals surface area (Å²) in [4.78, 5) is 0. The predicted molar refractivity (Wildman–Crippen MR) is 142 cm³/mol. The molecule has 1 spiro atoms. The number of hydrogen-bond donors (Lipinski definition) is 0. The maximum absolute atomic E-state index is 7.63. The summed E-state index contributed by atoms with van der Waals surface area (Å²) in [6.07, 6.45) is 3.58. The summed E-state index contributed by atoms with van der Waals surface area (Å²) in [5, 5.41) is 2.75. The van der Waals surface area contributed by atoms with Gasteiger partial charge in [0.25, 0.3) is 8.32 Å². The van der Waals surface area contributed by atoms with E-state index in [4.69, 9.17) is 9.16 Å². The number of rotatable bonds is 4. The number of benzene rings is 2. The van der Waals surface area contributed by atoms with Gasteiger partial charge in [0.1, 0.15) is 0 Å². The van der Waals surface area contributed by atoms with Crippen LogP contribution in [0.2, 0.25) is 5.04 Å². The molecular formula is C27H34O2S2Si. The first-order valence-corrected chi connectivity index (χ1v) is 15.7. The molecule has 0 saturated carbocycles. The molecule has 5 heteroatoms. The third-order valence-electron chi connectivity index (χ3n) is 7.15. The summed E-state index contributed by atoms with van der Waals surface area (Å²) in [5.74, 6) is 2.49. The fraction of sp³-hybridized carbons (Fsp3) is 0.481. The lowest BCUT2D eigenvalue weighted by Crippen LogP contribution is -2.67. The summed E-state index contributed by atoms with van der Waals surface area (Å²) in [6, 6.07) is 22.2. The molecule has 2 nitrogen and oxygen atoms in total. The van der Waals surface area contributed by atoms with Gasteiger partial charge < -0.3 is 9.16 Å². The quantitative estimate of drug-likeness (QED) is 0.416. The molecule has 0 amide bonds. The molecule has 1 fully saturated rings. The van der Waals surface area contributed by atoms with E-state index in [9.17, 15) is 0 Å². The molecule has 170 valence electrons. The van der Waals surface area contributed by atoms with Gasteiger partial charge in [0.2, 0.25) is 0 Å². The Balaban J connectivity index is 1.63. The summed E-state index contributed by atoms with van der Waals surface area (Å²) in [7, 11) is -2.56. The van der Waals surface area contributed by atoms with Crippen molar-refractivity contribution in [3.8, 4) is 0 Å². The van der Waals surface area contributed by atoms with Gasteiger partial charge in [-0.25, -0.2) is 0 Å². The molecule has 1 saturated heterocycles. The third kappa shape index (κ3) is 3.84. The highest BCUT2D eigenvalue weighted by Gasteiger charge is 2.56. The van der Waals surface area contributed by atoms with Crippen molar-refractivity contribution < 1.29 is 9.16 Å². The monoisotopic (exact) mass is 482 g/mol. The zero-order valence-corrected chi connectivity index (χ0v) is 22.1. The maximum Gasteiger partial charge on any atom is 0.261 e. The SMILES string of the molecule is CC(C)(C)[Si](O[C@H]1CC2(SCCCS2)C2=C1CCOC2)(c1ccccc1)c1ccccc1. The van der Waals surface area contributed by atoms with E-state index in [1.165, 1.54) is 28.3 Å². The van der Waals surface area contributed by atoms with E-state index in [2.05, 4.69) is 105 Å². The molecular weight excluding hydrogens is 449 g/mol. The van der Waals surface area contributed by atoms with Crippen molar-refractivity contribution in [3.05, 3.63) is 71.8 Å². The number of thioether (sulfide) groups is 2. The minimum atomic E-state index is -2.56. The smallest absolute Gasteiger partial charge is 0.261 e. The van der Waals surface area contributed by atoms with Gasteiger partial charge in [-0.1, -0.05) is 81.4 Å². The Hall–Kier alpha value is -0.983. The average Bonchev–Trinajstić information content (AvgIpc) is 3.11. The van der Waals surface area contributed by atoms with Crippen LogP contribution in [0.3, 0.4) is 0 Å². The Kier molecular flexibility index (Phi) is 6.40. The topological polar surface area (TPSA) is 18.5 Å². The lowest BCUT2D eigenvalue weighted by molar-refractivity contribution is 0.138. The fourth-order valence-electron chi connectivity index (χ4n) is 5.68. The van der Waals surface area contributed by atoms with Gasteiger partial charge in [-0.05, 0) is 50.9 Å². The molecule has 2 aromatic rings. The van der Waals surface area contributed by atoms with E-state index in [0.29, 0.717) is 0 Å². The molecule has 2 aliphatic heterocycles. The van der Waals surface area contributed by atoms with Crippen LogP contribution in [0.15, 0.2) is 71.8 Å². The van der Waals surface area contributed by atoms with E-state index in [0.717, 1.165) is 26.1 Å². The van der Waals surface area contributed by atoms with Crippen LogP contribution in [-0.2, 0) is 9.16 Å². The first kappa shape index (κ1) is 22.8. The molecule has 0 unspecified atom stereocenters. The van der Waals surface area contributed by atoms with Crippen LogP contribution in [-0.4, -0.2) is 43.2 Å². The van der Waals surface area contributed by atoms with Gasteiger partial charge >= 0.3 is 0 Å². The zero-order valence-electron chi connectivity index (χ0n) is 19.4.